The summed E-state index contributed by atoms with van der Waals surface area (Å²) in [6.45, 7) is 0. The van der Waals surface area contributed by atoms with Gasteiger partial charge < -0.3 is 14.1 Å². The Labute approximate surface area is 171 Å². The van der Waals surface area contributed by atoms with E-state index in [1.54, 1.807) is 0 Å². The van der Waals surface area contributed by atoms with E-state index in [2.05, 4.69) is 88.6 Å². The summed E-state index contributed by atoms with van der Waals surface area (Å²) < 4.78 is 8.84. The minimum atomic E-state index is 0.228. The monoisotopic (exact) mass is 384 g/mol. The zero-order chi connectivity index (χ0) is 19.4. The van der Waals surface area contributed by atoms with Crippen LogP contribution in [-0.4, -0.2) is 10.4 Å². The van der Waals surface area contributed by atoms with Crippen LogP contribution >= 0.6 is 0 Å². The minimum absolute atomic E-state index is 0.228. The van der Waals surface area contributed by atoms with Crippen LogP contribution in [0, 0.1) is 0 Å². The Bertz CT molecular complexity index is 1770. The van der Waals surface area contributed by atoms with E-state index in [9.17, 15) is 0 Å². The van der Waals surface area contributed by atoms with Crippen LogP contribution < -0.4 is 5.32 Å². The second-order valence-corrected chi connectivity index (χ2v) is 8.24. The van der Waals surface area contributed by atoms with Gasteiger partial charge in [0.1, 0.15) is 5.58 Å². The number of benzene rings is 3. The number of nitrogens with one attached hydrogen (secondary N) is 1. The zero-order valence-electron chi connectivity index (χ0n) is 16.0. The third kappa shape index (κ3) is 1.61. The van der Waals surface area contributed by atoms with Gasteiger partial charge in [-0.3, -0.25) is 0 Å². The van der Waals surface area contributed by atoms with Crippen molar-refractivity contribution < 1.29 is 4.42 Å². The number of aromatic nitrogens is 1. The van der Waals surface area contributed by atoms with Gasteiger partial charge in [0.15, 0.2) is 5.58 Å². The van der Waals surface area contributed by atoms with Crippen LogP contribution in [0.25, 0.3) is 55.2 Å². The largest absolute Gasteiger partial charge is 0.454 e. The van der Waals surface area contributed by atoms with E-state index in [0.717, 1.165) is 16.7 Å². The first-order valence-electron chi connectivity index (χ1n) is 10.3. The van der Waals surface area contributed by atoms with Crippen molar-refractivity contribution >= 4 is 60.9 Å². The number of hydrogen-bond donors (Lipinski definition) is 1. The topological polar surface area (TPSA) is 29.6 Å². The highest BCUT2D eigenvalue weighted by Crippen LogP contribution is 2.46. The van der Waals surface area contributed by atoms with Crippen LogP contribution in [0.3, 0.4) is 0 Å². The normalized spacial score (nSPS) is 17.9. The van der Waals surface area contributed by atoms with E-state index < -0.39 is 0 Å². The maximum atomic E-state index is 6.44. The lowest BCUT2D eigenvalue weighted by Gasteiger charge is -2.24. The lowest BCUT2D eigenvalue weighted by Crippen LogP contribution is -2.23. The summed E-state index contributed by atoms with van der Waals surface area (Å²) in [5, 5.41) is 9.88. The molecule has 3 heteroatoms. The zero-order valence-corrected chi connectivity index (χ0v) is 16.0. The maximum Gasteiger partial charge on any atom is 0.160 e. The molecular weight excluding hydrogens is 368 g/mol. The van der Waals surface area contributed by atoms with E-state index in [-0.39, 0.29) is 6.04 Å². The first-order valence-corrected chi connectivity index (χ1v) is 10.3. The molecule has 0 bridgehead atoms. The van der Waals surface area contributed by atoms with E-state index in [0.29, 0.717) is 0 Å². The van der Waals surface area contributed by atoms with Crippen molar-refractivity contribution in [3.8, 4) is 0 Å². The molecule has 1 unspecified atom stereocenters. The van der Waals surface area contributed by atoms with Crippen molar-refractivity contribution in [2.24, 2.45) is 0 Å². The Morgan fingerprint density at radius 1 is 0.767 bits per heavy atom. The van der Waals surface area contributed by atoms with Crippen LogP contribution in [0.2, 0.25) is 0 Å². The Kier molecular flexibility index (Phi) is 2.46. The summed E-state index contributed by atoms with van der Waals surface area (Å²) >= 11 is 0. The second kappa shape index (κ2) is 4.95. The molecule has 1 aliphatic carbocycles. The highest BCUT2D eigenvalue weighted by Gasteiger charge is 2.28. The lowest BCUT2D eigenvalue weighted by molar-refractivity contribution is 0.671. The predicted molar refractivity (Wildman–Crippen MR) is 125 cm³/mol. The Morgan fingerprint density at radius 2 is 1.60 bits per heavy atom. The molecule has 0 radical (unpaired) electrons. The van der Waals surface area contributed by atoms with Crippen LogP contribution in [0.4, 0.5) is 5.69 Å². The SMILES string of the molecule is C1=CC2=Cc3c(c4cccc5c6ccc7c8ccccc8oc7c6n3c45)NC2C=C1. The summed E-state index contributed by atoms with van der Waals surface area (Å²) in [7, 11) is 0. The van der Waals surface area contributed by atoms with Gasteiger partial charge in [-0.2, -0.15) is 0 Å². The highest BCUT2D eigenvalue weighted by molar-refractivity contribution is 6.25. The fourth-order valence-electron chi connectivity index (χ4n) is 5.45. The van der Waals surface area contributed by atoms with Gasteiger partial charge in [0.2, 0.25) is 0 Å². The smallest absolute Gasteiger partial charge is 0.160 e. The van der Waals surface area contributed by atoms with E-state index in [1.165, 1.54) is 49.4 Å². The maximum absolute atomic E-state index is 6.44. The number of rotatable bonds is 0. The number of para-hydroxylation sites is 2. The van der Waals surface area contributed by atoms with Crippen molar-refractivity contribution in [2.45, 2.75) is 6.04 Å². The number of nitrogens with zero attached hydrogens (tertiary/aromatic N) is 1. The molecule has 3 nitrogen and oxygen atoms in total. The summed E-state index contributed by atoms with van der Waals surface area (Å²) in [6.07, 6.45) is 11.0. The molecule has 0 fully saturated rings. The lowest BCUT2D eigenvalue weighted by atomic mass is 9.96. The van der Waals surface area contributed by atoms with Crippen LogP contribution in [0.15, 0.2) is 88.9 Å². The molecule has 140 valence electrons. The molecule has 6 aromatic rings. The van der Waals surface area contributed by atoms with Gasteiger partial charge in [-0.25, -0.2) is 0 Å². The van der Waals surface area contributed by atoms with Crippen LogP contribution in [0.5, 0.6) is 0 Å². The summed E-state index contributed by atoms with van der Waals surface area (Å²) in [4.78, 5) is 0. The fraction of sp³-hybridized carbons (Fsp3) is 0.0370. The summed E-state index contributed by atoms with van der Waals surface area (Å²) in [5.74, 6) is 0. The van der Waals surface area contributed by atoms with Gasteiger partial charge in [-0.15, -0.1) is 0 Å². The average molecular weight is 384 g/mol. The van der Waals surface area contributed by atoms with Gasteiger partial charge in [-0.1, -0.05) is 66.8 Å². The molecule has 1 atom stereocenters. The van der Waals surface area contributed by atoms with Gasteiger partial charge in [0.25, 0.3) is 0 Å². The molecular formula is C27H16N2O. The molecule has 0 saturated heterocycles. The first-order chi connectivity index (χ1) is 14.9. The Balaban J connectivity index is 1.64. The van der Waals surface area contributed by atoms with Crippen molar-refractivity contribution in [2.75, 3.05) is 5.32 Å². The molecule has 30 heavy (non-hydrogen) atoms. The summed E-state index contributed by atoms with van der Waals surface area (Å²) in [5.41, 5.74) is 8.02. The molecule has 0 amide bonds. The number of furan rings is 1. The van der Waals surface area contributed by atoms with E-state index in [1.807, 2.05) is 6.07 Å². The molecule has 0 saturated carbocycles. The highest BCUT2D eigenvalue weighted by atomic mass is 16.3. The van der Waals surface area contributed by atoms with Gasteiger partial charge in [0.05, 0.1) is 28.5 Å². The van der Waals surface area contributed by atoms with Crippen molar-refractivity contribution in [1.29, 1.82) is 0 Å². The predicted octanol–water partition coefficient (Wildman–Crippen LogP) is 6.89. The Hall–Kier alpha value is -3.98. The average Bonchev–Trinajstić information content (AvgIpc) is 3.43. The van der Waals surface area contributed by atoms with Gasteiger partial charge >= 0.3 is 0 Å². The standard InChI is InChI=1S/C27H16N2O/c1-3-10-21-15(6-1)14-22-24(28-21)20-9-5-8-17-18-12-13-19-16-7-2-4-11-23(16)30-27(19)26(18)29(22)25(17)20/h1-14,21,28H. The van der Waals surface area contributed by atoms with Gasteiger partial charge in [-0.05, 0) is 23.8 Å². The van der Waals surface area contributed by atoms with E-state index in [4.69, 9.17) is 4.42 Å². The number of fused-ring (bicyclic) bond motifs is 11. The number of anilines is 1. The molecule has 8 rings (SSSR count). The molecule has 3 aromatic carbocycles. The summed E-state index contributed by atoms with van der Waals surface area (Å²) in [6, 6.07) is 19.6. The van der Waals surface area contributed by atoms with Crippen molar-refractivity contribution in [3.05, 3.63) is 90.2 Å². The number of allylic oxidation sites excluding steroid dienone is 2. The molecule has 3 aromatic heterocycles. The molecule has 1 aliphatic heterocycles. The number of hydrogen-bond acceptors (Lipinski definition) is 2. The van der Waals surface area contributed by atoms with Crippen molar-refractivity contribution in [3.63, 3.8) is 0 Å². The van der Waals surface area contributed by atoms with Gasteiger partial charge in [0, 0.05) is 26.9 Å². The van der Waals surface area contributed by atoms with Crippen LogP contribution in [0.1, 0.15) is 5.69 Å². The quantitative estimate of drug-likeness (QED) is 0.309. The molecule has 1 N–H and O–H groups in total. The minimum Gasteiger partial charge on any atom is -0.454 e. The van der Waals surface area contributed by atoms with E-state index >= 15 is 0 Å². The fourth-order valence-corrected chi connectivity index (χ4v) is 5.45. The molecule has 2 aliphatic rings. The molecule has 4 heterocycles. The third-order valence-corrected chi connectivity index (χ3v) is 6.73. The second-order valence-electron chi connectivity index (χ2n) is 8.24. The first kappa shape index (κ1) is 14.9. The van der Waals surface area contributed by atoms with Crippen molar-refractivity contribution in [1.82, 2.24) is 4.40 Å². The third-order valence-electron chi connectivity index (χ3n) is 6.73. The van der Waals surface area contributed by atoms with Crippen LogP contribution in [-0.2, 0) is 0 Å². The Morgan fingerprint density at radius 3 is 2.60 bits per heavy atom. The molecule has 0 spiro atoms.